The van der Waals surface area contributed by atoms with E-state index in [0.717, 1.165) is 24.2 Å². The van der Waals surface area contributed by atoms with Gasteiger partial charge in [-0.25, -0.2) is 0 Å². The molecule has 1 unspecified atom stereocenters. The van der Waals surface area contributed by atoms with Crippen molar-refractivity contribution < 1.29 is 9.47 Å². The third-order valence-electron chi connectivity index (χ3n) is 2.99. The number of benzene rings is 1. The third kappa shape index (κ3) is 5.37. The predicted molar refractivity (Wildman–Crippen MR) is 78.8 cm³/mol. The highest BCUT2D eigenvalue weighted by Crippen LogP contribution is 2.26. The molecule has 0 aromatic heterocycles. The van der Waals surface area contributed by atoms with Gasteiger partial charge in [0.1, 0.15) is 5.75 Å². The molecule has 1 aromatic carbocycles. The maximum Gasteiger partial charge on any atom is 0.124 e. The van der Waals surface area contributed by atoms with Gasteiger partial charge in [-0.1, -0.05) is 17.7 Å². The predicted octanol–water partition coefficient (Wildman–Crippen LogP) is 2.19. The zero-order valence-electron chi connectivity index (χ0n) is 11.6. The molecule has 0 saturated carbocycles. The van der Waals surface area contributed by atoms with Crippen LogP contribution in [0.5, 0.6) is 5.75 Å². The number of hydrogen-bond acceptors (Lipinski definition) is 4. The Labute approximate surface area is 120 Å². The van der Waals surface area contributed by atoms with Gasteiger partial charge in [-0.3, -0.25) is 0 Å². The second-order valence-corrected chi connectivity index (χ2v) is 4.79. The van der Waals surface area contributed by atoms with Crippen LogP contribution in [0.4, 0.5) is 0 Å². The van der Waals surface area contributed by atoms with Gasteiger partial charge in [0.05, 0.1) is 13.7 Å². The summed E-state index contributed by atoms with van der Waals surface area (Å²) in [7, 11) is 3.35. The lowest BCUT2D eigenvalue weighted by Gasteiger charge is -2.19. The topological polar surface area (TPSA) is 56.5 Å². The fourth-order valence-corrected chi connectivity index (χ4v) is 2.19. The lowest BCUT2D eigenvalue weighted by molar-refractivity contribution is 0.161. The molecule has 0 heterocycles. The van der Waals surface area contributed by atoms with Crippen molar-refractivity contribution in [3.05, 3.63) is 28.8 Å². The number of nitrogens with one attached hydrogen (secondary N) is 1. The minimum Gasteiger partial charge on any atom is -0.496 e. The van der Waals surface area contributed by atoms with Gasteiger partial charge >= 0.3 is 0 Å². The zero-order valence-corrected chi connectivity index (χ0v) is 12.4. The molecule has 0 spiro atoms. The van der Waals surface area contributed by atoms with E-state index in [1.165, 1.54) is 0 Å². The SMILES string of the molecule is COCC(CCCN)NCc1c(Cl)cccc1OC. The summed E-state index contributed by atoms with van der Waals surface area (Å²) < 4.78 is 10.5. The Morgan fingerprint density at radius 2 is 2.16 bits per heavy atom. The van der Waals surface area contributed by atoms with Gasteiger partial charge in [-0.2, -0.15) is 0 Å². The molecule has 0 aliphatic heterocycles. The molecular weight excluding hydrogens is 264 g/mol. The Balaban J connectivity index is 2.62. The maximum absolute atomic E-state index is 6.20. The van der Waals surface area contributed by atoms with Crippen LogP contribution in [0.1, 0.15) is 18.4 Å². The smallest absolute Gasteiger partial charge is 0.124 e. The molecule has 0 bridgehead atoms. The summed E-state index contributed by atoms with van der Waals surface area (Å²) in [4.78, 5) is 0. The molecule has 0 fully saturated rings. The van der Waals surface area contributed by atoms with Crippen LogP contribution in [-0.4, -0.2) is 33.4 Å². The Morgan fingerprint density at radius 1 is 1.37 bits per heavy atom. The highest BCUT2D eigenvalue weighted by Gasteiger charge is 2.11. The molecule has 19 heavy (non-hydrogen) atoms. The molecule has 0 aliphatic carbocycles. The summed E-state index contributed by atoms with van der Waals surface area (Å²) in [5, 5.41) is 4.15. The Kier molecular flexibility index (Phi) is 7.82. The van der Waals surface area contributed by atoms with Gasteiger partial charge in [-0.15, -0.1) is 0 Å². The van der Waals surface area contributed by atoms with E-state index in [9.17, 15) is 0 Å². The first kappa shape index (κ1) is 16.2. The fourth-order valence-electron chi connectivity index (χ4n) is 1.96. The number of halogens is 1. The minimum atomic E-state index is 0.273. The minimum absolute atomic E-state index is 0.273. The molecule has 0 radical (unpaired) electrons. The summed E-state index contributed by atoms with van der Waals surface area (Å²) in [6, 6.07) is 5.93. The normalized spacial score (nSPS) is 12.4. The van der Waals surface area contributed by atoms with Gasteiger partial charge in [-0.05, 0) is 31.5 Å². The second-order valence-electron chi connectivity index (χ2n) is 4.38. The molecular formula is C14H23ClN2O2. The lowest BCUT2D eigenvalue weighted by atomic mass is 10.1. The van der Waals surface area contributed by atoms with E-state index in [0.29, 0.717) is 24.7 Å². The van der Waals surface area contributed by atoms with Crippen LogP contribution in [0.3, 0.4) is 0 Å². The van der Waals surface area contributed by atoms with E-state index < -0.39 is 0 Å². The van der Waals surface area contributed by atoms with E-state index in [1.54, 1.807) is 14.2 Å². The molecule has 1 rings (SSSR count). The van der Waals surface area contributed by atoms with E-state index in [-0.39, 0.29) is 6.04 Å². The first-order valence-corrected chi connectivity index (χ1v) is 6.84. The Morgan fingerprint density at radius 3 is 2.79 bits per heavy atom. The number of nitrogens with two attached hydrogens (primary N) is 1. The Hall–Kier alpha value is -0.810. The number of methoxy groups -OCH3 is 2. The molecule has 0 saturated heterocycles. The zero-order chi connectivity index (χ0) is 14.1. The average Bonchev–Trinajstić information content (AvgIpc) is 2.42. The van der Waals surface area contributed by atoms with E-state index in [2.05, 4.69) is 5.32 Å². The summed E-state index contributed by atoms with van der Waals surface area (Å²) in [6.07, 6.45) is 1.96. The number of ether oxygens (including phenoxy) is 2. The van der Waals surface area contributed by atoms with Crippen LogP contribution in [0.15, 0.2) is 18.2 Å². The van der Waals surface area contributed by atoms with Crippen molar-refractivity contribution in [1.29, 1.82) is 0 Å². The van der Waals surface area contributed by atoms with Crippen molar-refractivity contribution in [2.45, 2.75) is 25.4 Å². The lowest BCUT2D eigenvalue weighted by Crippen LogP contribution is -2.33. The van der Waals surface area contributed by atoms with Gasteiger partial charge in [0.15, 0.2) is 0 Å². The van der Waals surface area contributed by atoms with Crippen molar-refractivity contribution in [3.63, 3.8) is 0 Å². The van der Waals surface area contributed by atoms with Crippen LogP contribution in [-0.2, 0) is 11.3 Å². The first-order valence-electron chi connectivity index (χ1n) is 6.46. The molecule has 1 aromatic rings. The standard InChI is InChI=1S/C14H23ClN2O2/c1-18-10-11(5-4-8-16)17-9-12-13(15)6-3-7-14(12)19-2/h3,6-7,11,17H,4-5,8-10,16H2,1-2H3. The summed E-state index contributed by atoms with van der Waals surface area (Å²) >= 11 is 6.20. The molecule has 108 valence electrons. The van der Waals surface area contributed by atoms with E-state index >= 15 is 0 Å². The van der Waals surface area contributed by atoms with Crippen molar-refractivity contribution in [2.75, 3.05) is 27.4 Å². The van der Waals surface area contributed by atoms with Crippen molar-refractivity contribution >= 4 is 11.6 Å². The molecule has 3 N–H and O–H groups in total. The van der Waals surface area contributed by atoms with Crippen molar-refractivity contribution in [1.82, 2.24) is 5.32 Å². The van der Waals surface area contributed by atoms with Crippen LogP contribution in [0.2, 0.25) is 5.02 Å². The fraction of sp³-hybridized carbons (Fsp3) is 0.571. The van der Waals surface area contributed by atoms with Gasteiger partial charge in [0, 0.05) is 30.3 Å². The summed E-state index contributed by atoms with van der Waals surface area (Å²) in [5.74, 6) is 0.801. The maximum atomic E-state index is 6.20. The molecule has 1 atom stereocenters. The van der Waals surface area contributed by atoms with Gasteiger partial charge in [0.2, 0.25) is 0 Å². The van der Waals surface area contributed by atoms with Gasteiger partial charge < -0.3 is 20.5 Å². The molecule has 5 heteroatoms. The van der Waals surface area contributed by atoms with E-state index in [1.807, 2.05) is 18.2 Å². The summed E-state index contributed by atoms with van der Waals surface area (Å²) in [5.41, 5.74) is 6.51. The van der Waals surface area contributed by atoms with Crippen LogP contribution < -0.4 is 15.8 Å². The van der Waals surface area contributed by atoms with E-state index in [4.69, 9.17) is 26.8 Å². The summed E-state index contributed by atoms with van der Waals surface area (Å²) in [6.45, 7) is 2.01. The van der Waals surface area contributed by atoms with Crippen LogP contribution >= 0.6 is 11.6 Å². The highest BCUT2D eigenvalue weighted by atomic mass is 35.5. The largest absolute Gasteiger partial charge is 0.496 e. The first-order chi connectivity index (χ1) is 9.22. The third-order valence-corrected chi connectivity index (χ3v) is 3.34. The Bertz CT molecular complexity index is 374. The average molecular weight is 287 g/mol. The second kappa shape index (κ2) is 9.15. The number of hydrogen-bond donors (Lipinski definition) is 2. The van der Waals surface area contributed by atoms with Crippen molar-refractivity contribution in [3.8, 4) is 5.75 Å². The number of rotatable bonds is 9. The van der Waals surface area contributed by atoms with Crippen molar-refractivity contribution in [2.24, 2.45) is 5.73 Å². The highest BCUT2D eigenvalue weighted by molar-refractivity contribution is 6.31. The van der Waals surface area contributed by atoms with Gasteiger partial charge in [0.25, 0.3) is 0 Å². The van der Waals surface area contributed by atoms with Crippen LogP contribution in [0, 0.1) is 0 Å². The monoisotopic (exact) mass is 286 g/mol. The quantitative estimate of drug-likeness (QED) is 0.731. The molecule has 0 amide bonds. The molecule has 0 aliphatic rings. The molecule has 4 nitrogen and oxygen atoms in total. The van der Waals surface area contributed by atoms with Crippen LogP contribution in [0.25, 0.3) is 0 Å².